The first-order valence-electron chi connectivity index (χ1n) is 5.38. The fourth-order valence-electron chi connectivity index (χ4n) is 1.75. The molecule has 0 unspecified atom stereocenters. The van der Waals surface area contributed by atoms with E-state index in [1.165, 1.54) is 12.4 Å². The number of halogens is 3. The topological polar surface area (TPSA) is 41.0 Å². The molecular weight excluding hydrogens is 233 g/mol. The van der Waals surface area contributed by atoms with Gasteiger partial charge in [0.1, 0.15) is 12.1 Å². The number of rotatable bonds is 2. The molecule has 0 atom stereocenters. The second-order valence-electron chi connectivity index (χ2n) is 3.90. The Morgan fingerprint density at radius 1 is 1.24 bits per heavy atom. The molecule has 2 heterocycles. The first kappa shape index (κ1) is 12.1. The Morgan fingerprint density at radius 2 is 1.94 bits per heavy atom. The lowest BCUT2D eigenvalue weighted by Gasteiger charge is -2.28. The van der Waals surface area contributed by atoms with Crippen LogP contribution in [-0.2, 0) is 6.42 Å². The van der Waals surface area contributed by atoms with Crippen LogP contribution in [0.15, 0.2) is 12.4 Å². The van der Waals surface area contributed by atoms with Gasteiger partial charge in [-0.1, -0.05) is 0 Å². The summed E-state index contributed by atoms with van der Waals surface area (Å²) in [7, 11) is 0. The second-order valence-corrected chi connectivity index (χ2v) is 3.90. The van der Waals surface area contributed by atoms with Crippen LogP contribution in [0.2, 0.25) is 0 Å². The van der Waals surface area contributed by atoms with E-state index >= 15 is 0 Å². The third-order valence-corrected chi connectivity index (χ3v) is 2.53. The van der Waals surface area contributed by atoms with Crippen molar-refractivity contribution in [3.63, 3.8) is 0 Å². The molecule has 0 saturated carbocycles. The minimum Gasteiger partial charge on any atom is -0.354 e. The van der Waals surface area contributed by atoms with Crippen molar-refractivity contribution < 1.29 is 13.2 Å². The van der Waals surface area contributed by atoms with Crippen LogP contribution in [0.4, 0.5) is 19.0 Å². The highest BCUT2D eigenvalue weighted by Gasteiger charge is 2.28. The van der Waals surface area contributed by atoms with Gasteiger partial charge in [0.05, 0.1) is 12.1 Å². The zero-order chi connectivity index (χ0) is 12.3. The standard InChI is InChI=1S/C10H13F3N4/c11-10(12,13)6-8-5-9(16-7-15-8)17-3-1-14-2-4-17/h5,7,14H,1-4,6H2. The lowest BCUT2D eigenvalue weighted by Crippen LogP contribution is -2.44. The van der Waals surface area contributed by atoms with Gasteiger partial charge in [-0.25, -0.2) is 9.97 Å². The second kappa shape index (κ2) is 4.87. The smallest absolute Gasteiger partial charge is 0.354 e. The van der Waals surface area contributed by atoms with E-state index in [-0.39, 0.29) is 5.69 Å². The summed E-state index contributed by atoms with van der Waals surface area (Å²) in [6.45, 7) is 3.14. The van der Waals surface area contributed by atoms with Gasteiger partial charge in [0.15, 0.2) is 0 Å². The Kier molecular flexibility index (Phi) is 3.46. The summed E-state index contributed by atoms with van der Waals surface area (Å²) in [5, 5.41) is 3.17. The van der Waals surface area contributed by atoms with Crippen molar-refractivity contribution >= 4 is 5.82 Å². The number of anilines is 1. The molecule has 17 heavy (non-hydrogen) atoms. The van der Waals surface area contributed by atoms with E-state index in [0.29, 0.717) is 5.82 Å². The fourth-order valence-corrected chi connectivity index (χ4v) is 1.75. The molecule has 1 fully saturated rings. The van der Waals surface area contributed by atoms with E-state index in [9.17, 15) is 13.2 Å². The van der Waals surface area contributed by atoms with Crippen molar-refractivity contribution in [3.05, 3.63) is 18.1 Å². The van der Waals surface area contributed by atoms with Crippen molar-refractivity contribution in [1.29, 1.82) is 0 Å². The third kappa shape index (κ3) is 3.55. The fraction of sp³-hybridized carbons (Fsp3) is 0.600. The van der Waals surface area contributed by atoms with Gasteiger partial charge in [0, 0.05) is 32.2 Å². The molecule has 1 saturated heterocycles. The normalized spacial score (nSPS) is 17.2. The van der Waals surface area contributed by atoms with Crippen LogP contribution in [0, 0.1) is 0 Å². The first-order valence-corrected chi connectivity index (χ1v) is 5.38. The Hall–Kier alpha value is -1.37. The zero-order valence-corrected chi connectivity index (χ0v) is 9.17. The molecule has 0 aromatic carbocycles. The predicted octanol–water partition coefficient (Wildman–Crippen LogP) is 0.991. The maximum atomic E-state index is 12.2. The summed E-state index contributed by atoms with van der Waals surface area (Å²) in [5.41, 5.74) is 0.0148. The van der Waals surface area contributed by atoms with Crippen LogP contribution in [-0.4, -0.2) is 42.3 Å². The van der Waals surface area contributed by atoms with E-state index in [0.717, 1.165) is 26.2 Å². The maximum Gasteiger partial charge on any atom is 0.394 e. The molecule has 94 valence electrons. The molecule has 1 N–H and O–H groups in total. The Bertz CT molecular complexity index is 374. The lowest BCUT2D eigenvalue weighted by molar-refractivity contribution is -0.127. The van der Waals surface area contributed by atoms with E-state index in [1.54, 1.807) is 0 Å². The van der Waals surface area contributed by atoms with Crippen molar-refractivity contribution in [1.82, 2.24) is 15.3 Å². The van der Waals surface area contributed by atoms with Gasteiger partial charge in [-0.2, -0.15) is 13.2 Å². The number of nitrogens with one attached hydrogen (secondary N) is 1. The minimum atomic E-state index is -4.23. The molecule has 7 heteroatoms. The SMILES string of the molecule is FC(F)(F)Cc1cc(N2CCNCC2)ncn1. The molecule has 1 aromatic rings. The number of nitrogens with zero attached hydrogens (tertiary/aromatic N) is 3. The van der Waals surface area contributed by atoms with Crippen molar-refractivity contribution in [2.24, 2.45) is 0 Å². The molecular formula is C10H13F3N4. The van der Waals surface area contributed by atoms with Gasteiger partial charge < -0.3 is 10.2 Å². The van der Waals surface area contributed by atoms with E-state index in [4.69, 9.17) is 0 Å². The minimum absolute atomic E-state index is 0.0148. The third-order valence-electron chi connectivity index (χ3n) is 2.53. The largest absolute Gasteiger partial charge is 0.394 e. The van der Waals surface area contributed by atoms with Crippen LogP contribution in [0.5, 0.6) is 0 Å². The summed E-state index contributed by atoms with van der Waals surface area (Å²) in [5.74, 6) is 0.570. The molecule has 1 aliphatic rings. The average Bonchev–Trinajstić information content (AvgIpc) is 2.28. The average molecular weight is 246 g/mol. The summed E-state index contributed by atoms with van der Waals surface area (Å²) in [6.07, 6.45) is -4.04. The quantitative estimate of drug-likeness (QED) is 0.845. The zero-order valence-electron chi connectivity index (χ0n) is 9.17. The van der Waals surface area contributed by atoms with Gasteiger partial charge in [0.2, 0.25) is 0 Å². The van der Waals surface area contributed by atoms with Crippen LogP contribution in [0.25, 0.3) is 0 Å². The lowest BCUT2D eigenvalue weighted by atomic mass is 10.2. The summed E-state index contributed by atoms with van der Waals surface area (Å²) >= 11 is 0. The van der Waals surface area contributed by atoms with Crippen LogP contribution in [0.1, 0.15) is 5.69 Å². The molecule has 2 rings (SSSR count). The van der Waals surface area contributed by atoms with Gasteiger partial charge in [-0.15, -0.1) is 0 Å². The molecule has 0 spiro atoms. The van der Waals surface area contributed by atoms with Crippen LogP contribution >= 0.6 is 0 Å². The molecule has 4 nitrogen and oxygen atoms in total. The van der Waals surface area contributed by atoms with Crippen molar-refractivity contribution in [3.8, 4) is 0 Å². The maximum absolute atomic E-state index is 12.2. The molecule has 1 aliphatic heterocycles. The molecule has 0 radical (unpaired) electrons. The van der Waals surface area contributed by atoms with Gasteiger partial charge >= 0.3 is 6.18 Å². The van der Waals surface area contributed by atoms with E-state index in [1.807, 2.05) is 4.90 Å². The van der Waals surface area contributed by atoms with Gasteiger partial charge in [-0.05, 0) is 0 Å². The number of hydrogen-bond donors (Lipinski definition) is 1. The molecule has 0 aliphatic carbocycles. The Balaban J connectivity index is 2.10. The Labute approximate surface area is 96.9 Å². The first-order chi connectivity index (χ1) is 8.04. The van der Waals surface area contributed by atoms with Crippen LogP contribution < -0.4 is 10.2 Å². The van der Waals surface area contributed by atoms with Crippen molar-refractivity contribution in [2.75, 3.05) is 31.1 Å². The van der Waals surface area contributed by atoms with E-state index in [2.05, 4.69) is 15.3 Å². The van der Waals surface area contributed by atoms with Gasteiger partial charge in [-0.3, -0.25) is 0 Å². The highest BCUT2D eigenvalue weighted by molar-refractivity contribution is 5.39. The van der Waals surface area contributed by atoms with E-state index < -0.39 is 12.6 Å². The predicted molar refractivity (Wildman–Crippen MR) is 56.9 cm³/mol. The number of aromatic nitrogens is 2. The summed E-state index contributed by atoms with van der Waals surface area (Å²) < 4.78 is 36.7. The van der Waals surface area contributed by atoms with Gasteiger partial charge in [0.25, 0.3) is 0 Å². The summed E-state index contributed by atoms with van der Waals surface area (Å²) in [6, 6.07) is 1.42. The van der Waals surface area contributed by atoms with Crippen LogP contribution in [0.3, 0.4) is 0 Å². The highest BCUT2D eigenvalue weighted by atomic mass is 19.4. The monoisotopic (exact) mass is 246 g/mol. The molecule has 0 amide bonds. The number of hydrogen-bond acceptors (Lipinski definition) is 4. The van der Waals surface area contributed by atoms with Crippen molar-refractivity contribution in [2.45, 2.75) is 12.6 Å². The molecule has 1 aromatic heterocycles. The number of piperazine rings is 1. The summed E-state index contributed by atoms with van der Waals surface area (Å²) in [4.78, 5) is 9.62. The molecule has 0 bridgehead atoms. The Morgan fingerprint density at radius 3 is 2.59 bits per heavy atom. The number of alkyl halides is 3. The highest BCUT2D eigenvalue weighted by Crippen LogP contribution is 2.21.